The van der Waals surface area contributed by atoms with E-state index in [4.69, 9.17) is 20.8 Å². The van der Waals surface area contributed by atoms with Crippen LogP contribution < -0.4 is 4.90 Å². The van der Waals surface area contributed by atoms with E-state index in [-0.39, 0.29) is 5.76 Å². The Balaban J connectivity index is 1.08. The van der Waals surface area contributed by atoms with Crippen LogP contribution in [0.3, 0.4) is 0 Å². The molecule has 8 heteroatoms. The van der Waals surface area contributed by atoms with E-state index in [0.717, 1.165) is 57.3 Å². The van der Waals surface area contributed by atoms with Crippen molar-refractivity contribution in [1.82, 2.24) is 9.80 Å². The number of carbonyl (C=O) groups is 1. The average molecular weight is 498 g/mol. The van der Waals surface area contributed by atoms with E-state index in [1.54, 1.807) is 12.1 Å². The number of carbonyl (C=O) groups excluding carboxylic acids is 1. The summed E-state index contributed by atoms with van der Waals surface area (Å²) in [6.07, 6.45) is 2.55. The number of halogens is 1. The van der Waals surface area contributed by atoms with Crippen molar-refractivity contribution in [3.05, 3.63) is 71.6 Å². The monoisotopic (exact) mass is 497 g/mol. The Bertz CT molecular complexity index is 1120. The lowest BCUT2D eigenvalue weighted by Gasteiger charge is -2.36. The molecule has 0 unspecified atom stereocenters. The molecule has 0 saturated carbocycles. The van der Waals surface area contributed by atoms with Crippen LogP contribution in [-0.4, -0.2) is 68.2 Å². The Kier molecular flexibility index (Phi) is 7.45. The molecule has 178 valence electrons. The highest BCUT2D eigenvalue weighted by Gasteiger charge is 2.24. The molecular weight excluding hydrogens is 470 g/mol. The molecule has 0 radical (unpaired) electrons. The number of para-hydroxylation sites is 1. The van der Waals surface area contributed by atoms with Gasteiger partial charge in [0.25, 0.3) is 0 Å². The second-order valence-electron chi connectivity index (χ2n) is 8.48. The molecule has 0 spiro atoms. The number of nitrogens with zero attached hydrogens (tertiary/aromatic N) is 3. The number of hydrogen-bond donors (Lipinski definition) is 0. The van der Waals surface area contributed by atoms with Crippen molar-refractivity contribution < 1.29 is 13.9 Å². The number of ether oxygens (including phenoxy) is 1. The van der Waals surface area contributed by atoms with Crippen LogP contribution in [0.4, 0.5) is 11.4 Å². The van der Waals surface area contributed by atoms with Crippen LogP contribution in [-0.2, 0) is 4.74 Å². The van der Waals surface area contributed by atoms with E-state index in [1.807, 2.05) is 17.8 Å². The van der Waals surface area contributed by atoms with Crippen molar-refractivity contribution in [1.29, 1.82) is 0 Å². The third-order valence-electron chi connectivity index (χ3n) is 6.27. The molecule has 0 bridgehead atoms. The number of fused-ring (bicyclic) bond motifs is 2. The third-order valence-corrected chi connectivity index (χ3v) is 7.64. The minimum Gasteiger partial charge on any atom is -0.458 e. The Morgan fingerprint density at radius 1 is 0.912 bits per heavy atom. The predicted molar refractivity (Wildman–Crippen MR) is 136 cm³/mol. The lowest BCUT2D eigenvalue weighted by molar-refractivity contribution is 0.0390. The molecule has 34 heavy (non-hydrogen) atoms. The zero-order valence-electron chi connectivity index (χ0n) is 19.0. The van der Waals surface area contributed by atoms with Crippen molar-refractivity contribution in [2.45, 2.75) is 16.2 Å². The summed E-state index contributed by atoms with van der Waals surface area (Å²) in [4.78, 5) is 21.7. The van der Waals surface area contributed by atoms with E-state index in [2.05, 4.69) is 51.1 Å². The molecule has 2 aliphatic heterocycles. The van der Waals surface area contributed by atoms with Crippen LogP contribution >= 0.6 is 23.4 Å². The zero-order valence-corrected chi connectivity index (χ0v) is 20.6. The first-order valence-corrected chi connectivity index (χ1v) is 12.9. The van der Waals surface area contributed by atoms with Gasteiger partial charge >= 0.3 is 5.97 Å². The van der Waals surface area contributed by atoms with Crippen LogP contribution in [0.25, 0.3) is 0 Å². The summed E-state index contributed by atoms with van der Waals surface area (Å²) >= 11 is 8.15. The lowest BCUT2D eigenvalue weighted by Crippen LogP contribution is -2.47. The van der Waals surface area contributed by atoms with Gasteiger partial charge in [0, 0.05) is 54.1 Å². The van der Waals surface area contributed by atoms with Gasteiger partial charge in [0.1, 0.15) is 6.61 Å². The van der Waals surface area contributed by atoms with Gasteiger partial charge in [-0.05, 0) is 55.4 Å². The van der Waals surface area contributed by atoms with Crippen molar-refractivity contribution in [2.24, 2.45) is 0 Å². The van der Waals surface area contributed by atoms with Crippen LogP contribution in [0.5, 0.6) is 0 Å². The number of esters is 1. The second-order valence-corrected chi connectivity index (χ2v) is 10.0. The van der Waals surface area contributed by atoms with Gasteiger partial charge < -0.3 is 19.0 Å². The van der Waals surface area contributed by atoms with E-state index >= 15 is 0 Å². The van der Waals surface area contributed by atoms with Gasteiger partial charge in [-0.15, -0.1) is 0 Å². The fourth-order valence-electron chi connectivity index (χ4n) is 4.47. The normalized spacial score (nSPS) is 16.2. The van der Waals surface area contributed by atoms with Gasteiger partial charge in [0.05, 0.1) is 17.6 Å². The van der Waals surface area contributed by atoms with E-state index in [9.17, 15) is 4.79 Å². The van der Waals surface area contributed by atoms with Crippen LogP contribution in [0.15, 0.2) is 75.1 Å². The molecule has 5 rings (SSSR count). The summed E-state index contributed by atoms with van der Waals surface area (Å²) in [7, 11) is 0. The Morgan fingerprint density at radius 2 is 1.68 bits per heavy atom. The molecule has 1 fully saturated rings. The molecule has 6 nitrogen and oxygen atoms in total. The highest BCUT2D eigenvalue weighted by atomic mass is 35.5. The maximum Gasteiger partial charge on any atom is 0.374 e. The molecule has 1 saturated heterocycles. The van der Waals surface area contributed by atoms with Crippen molar-refractivity contribution in [2.75, 3.05) is 57.3 Å². The van der Waals surface area contributed by atoms with Crippen molar-refractivity contribution >= 4 is 40.7 Å². The van der Waals surface area contributed by atoms with Gasteiger partial charge in [-0.3, -0.25) is 4.90 Å². The summed E-state index contributed by atoms with van der Waals surface area (Å²) in [6.45, 7) is 7.17. The van der Waals surface area contributed by atoms with E-state index < -0.39 is 5.97 Å². The number of piperazine rings is 1. The molecule has 0 amide bonds. The molecular formula is C26H28ClN3O3S. The number of furan rings is 1. The topological polar surface area (TPSA) is 49.2 Å². The number of benzene rings is 2. The quantitative estimate of drug-likeness (QED) is 0.386. The molecule has 3 aromatic rings. The SMILES string of the molecule is O=C(OCCN1CCN(CCCN2c3ccccc3Sc3ccc(Cl)cc32)CC1)c1ccco1. The van der Waals surface area contributed by atoms with Gasteiger partial charge in [-0.1, -0.05) is 35.5 Å². The first-order valence-electron chi connectivity index (χ1n) is 11.7. The number of rotatable bonds is 8. The smallest absolute Gasteiger partial charge is 0.374 e. The summed E-state index contributed by atoms with van der Waals surface area (Å²) in [5.41, 5.74) is 2.46. The first-order chi connectivity index (χ1) is 16.7. The minimum absolute atomic E-state index is 0.254. The Morgan fingerprint density at radius 3 is 2.47 bits per heavy atom. The second kappa shape index (κ2) is 10.9. The highest BCUT2D eigenvalue weighted by Crippen LogP contribution is 2.48. The lowest BCUT2D eigenvalue weighted by atomic mass is 10.2. The molecule has 0 aliphatic carbocycles. The molecule has 2 aromatic carbocycles. The maximum absolute atomic E-state index is 11.9. The third kappa shape index (κ3) is 5.44. The van der Waals surface area contributed by atoms with Crippen LogP contribution in [0, 0.1) is 0 Å². The number of hydrogen-bond acceptors (Lipinski definition) is 7. The average Bonchev–Trinajstić information content (AvgIpc) is 3.40. The summed E-state index contributed by atoms with van der Waals surface area (Å²) in [5.74, 6) is -0.145. The van der Waals surface area contributed by atoms with E-state index in [0.29, 0.717) is 6.61 Å². The fraction of sp³-hybridized carbons (Fsp3) is 0.346. The van der Waals surface area contributed by atoms with E-state index in [1.165, 1.54) is 27.4 Å². The van der Waals surface area contributed by atoms with Crippen LogP contribution in [0.2, 0.25) is 5.02 Å². The number of anilines is 2. The maximum atomic E-state index is 11.9. The molecule has 1 aromatic heterocycles. The minimum atomic E-state index is -0.399. The van der Waals surface area contributed by atoms with Gasteiger partial charge in [-0.2, -0.15) is 0 Å². The molecule has 0 N–H and O–H groups in total. The van der Waals surface area contributed by atoms with Gasteiger partial charge in [-0.25, -0.2) is 4.79 Å². The molecule has 0 atom stereocenters. The van der Waals surface area contributed by atoms with Gasteiger partial charge in [0.15, 0.2) is 0 Å². The standard InChI is InChI=1S/C26H28ClN3O3S/c27-20-8-9-25-22(19-20)30(21-5-1-2-7-24(21)34-25)11-4-10-28-12-14-29(15-13-28)16-18-33-26(31)23-6-3-17-32-23/h1-3,5-9,17,19H,4,10-16,18H2. The van der Waals surface area contributed by atoms with Gasteiger partial charge in [0.2, 0.25) is 5.76 Å². The Hall–Kier alpha value is -2.45. The summed E-state index contributed by atoms with van der Waals surface area (Å²) < 4.78 is 10.4. The Labute approximate surface area is 209 Å². The highest BCUT2D eigenvalue weighted by molar-refractivity contribution is 7.99. The van der Waals surface area contributed by atoms with Crippen molar-refractivity contribution in [3.8, 4) is 0 Å². The predicted octanol–water partition coefficient (Wildman–Crippen LogP) is 5.40. The summed E-state index contributed by atoms with van der Waals surface area (Å²) in [5, 5.41) is 0.773. The van der Waals surface area contributed by atoms with Crippen molar-refractivity contribution in [3.63, 3.8) is 0 Å². The summed E-state index contributed by atoms with van der Waals surface area (Å²) in [6, 6.07) is 18.1. The first kappa shape index (κ1) is 23.3. The molecule has 2 aliphatic rings. The largest absolute Gasteiger partial charge is 0.458 e. The zero-order chi connectivity index (χ0) is 23.3. The van der Waals surface area contributed by atoms with Crippen LogP contribution in [0.1, 0.15) is 17.0 Å². The molecule has 3 heterocycles. The fourth-order valence-corrected chi connectivity index (χ4v) is 5.71.